The Balaban J connectivity index is 1.90. The number of esters is 1. The van der Waals surface area contributed by atoms with E-state index in [1.54, 1.807) is 0 Å². The van der Waals surface area contributed by atoms with Gasteiger partial charge in [0.2, 0.25) is 0 Å². The van der Waals surface area contributed by atoms with Gasteiger partial charge in [0, 0.05) is 11.7 Å². The van der Waals surface area contributed by atoms with Gasteiger partial charge < -0.3 is 15.8 Å². The predicted molar refractivity (Wildman–Crippen MR) is 62.3 cm³/mol. The van der Waals surface area contributed by atoms with Gasteiger partial charge in [-0.3, -0.25) is 4.79 Å². The van der Waals surface area contributed by atoms with Crippen LogP contribution in [0.1, 0.15) is 23.2 Å². The van der Waals surface area contributed by atoms with Crippen molar-refractivity contribution in [1.82, 2.24) is 5.32 Å². The fraction of sp³-hybridized carbons (Fsp3) is 0.333. The summed E-state index contributed by atoms with van der Waals surface area (Å²) in [4.78, 5) is 22.8. The lowest BCUT2D eigenvalue weighted by Crippen LogP contribution is -2.30. The van der Waals surface area contributed by atoms with Gasteiger partial charge in [-0.25, -0.2) is 9.18 Å². The van der Waals surface area contributed by atoms with Crippen LogP contribution in [-0.2, 0) is 9.53 Å². The molecular weight excluding hydrogens is 239 g/mol. The van der Waals surface area contributed by atoms with Crippen molar-refractivity contribution >= 4 is 17.6 Å². The van der Waals surface area contributed by atoms with E-state index >= 15 is 0 Å². The maximum absolute atomic E-state index is 13.3. The summed E-state index contributed by atoms with van der Waals surface area (Å²) in [7, 11) is 0. The van der Waals surface area contributed by atoms with Crippen molar-refractivity contribution in [1.29, 1.82) is 0 Å². The maximum atomic E-state index is 13.3. The van der Waals surface area contributed by atoms with E-state index in [-0.39, 0.29) is 23.2 Å². The number of benzene rings is 1. The molecule has 0 radical (unpaired) electrons. The third-order valence-corrected chi connectivity index (χ3v) is 2.49. The summed E-state index contributed by atoms with van der Waals surface area (Å²) in [6.45, 7) is -0.413. The molecule has 1 fully saturated rings. The van der Waals surface area contributed by atoms with Gasteiger partial charge in [-0.1, -0.05) is 0 Å². The number of carbonyl (C=O) groups excluding carboxylic acids is 2. The Morgan fingerprint density at radius 3 is 2.83 bits per heavy atom. The zero-order valence-corrected chi connectivity index (χ0v) is 9.61. The molecule has 0 unspecified atom stereocenters. The van der Waals surface area contributed by atoms with Crippen LogP contribution in [0.4, 0.5) is 10.1 Å². The Bertz CT molecular complexity index is 486. The molecule has 1 aromatic rings. The molecule has 5 nitrogen and oxygen atoms in total. The van der Waals surface area contributed by atoms with E-state index in [4.69, 9.17) is 10.5 Å². The molecule has 18 heavy (non-hydrogen) atoms. The predicted octanol–water partition coefficient (Wildman–Crippen LogP) is 0.843. The van der Waals surface area contributed by atoms with Gasteiger partial charge in [0.25, 0.3) is 5.91 Å². The van der Waals surface area contributed by atoms with Crippen molar-refractivity contribution in [3.63, 3.8) is 0 Å². The maximum Gasteiger partial charge on any atom is 0.341 e. The lowest BCUT2D eigenvalue weighted by atomic mass is 10.2. The minimum absolute atomic E-state index is 0.195. The number of halogens is 1. The van der Waals surface area contributed by atoms with Crippen molar-refractivity contribution in [3.8, 4) is 0 Å². The Morgan fingerprint density at radius 2 is 2.17 bits per heavy atom. The van der Waals surface area contributed by atoms with Crippen molar-refractivity contribution in [2.24, 2.45) is 0 Å². The number of ether oxygens (including phenoxy) is 1. The van der Waals surface area contributed by atoms with Crippen molar-refractivity contribution < 1.29 is 18.7 Å². The molecule has 0 atom stereocenters. The molecule has 1 aliphatic rings. The van der Waals surface area contributed by atoms with E-state index in [0.29, 0.717) is 0 Å². The molecular formula is C12H13FN2O3. The van der Waals surface area contributed by atoms with Crippen LogP contribution in [0.5, 0.6) is 0 Å². The molecule has 6 heteroatoms. The first kappa shape index (κ1) is 12.3. The quantitative estimate of drug-likeness (QED) is 0.614. The second-order valence-corrected chi connectivity index (χ2v) is 4.16. The number of nitrogens with two attached hydrogens (primary N) is 1. The fourth-order valence-electron chi connectivity index (χ4n) is 1.41. The van der Waals surface area contributed by atoms with Gasteiger partial charge >= 0.3 is 5.97 Å². The van der Waals surface area contributed by atoms with Crippen LogP contribution < -0.4 is 11.1 Å². The summed E-state index contributed by atoms with van der Waals surface area (Å²) in [5.41, 5.74) is 5.43. The van der Waals surface area contributed by atoms with E-state index in [0.717, 1.165) is 18.9 Å². The van der Waals surface area contributed by atoms with Gasteiger partial charge in [-0.15, -0.1) is 0 Å². The molecule has 0 bridgehead atoms. The van der Waals surface area contributed by atoms with E-state index in [2.05, 4.69) is 5.32 Å². The summed E-state index contributed by atoms with van der Waals surface area (Å²) >= 11 is 0. The molecule has 0 spiro atoms. The third kappa shape index (κ3) is 3.19. The molecule has 1 aromatic carbocycles. The van der Waals surface area contributed by atoms with Crippen molar-refractivity contribution in [3.05, 3.63) is 29.6 Å². The van der Waals surface area contributed by atoms with E-state index in [1.807, 2.05) is 0 Å². The molecule has 1 saturated carbocycles. The first-order valence-electron chi connectivity index (χ1n) is 5.58. The highest BCUT2D eigenvalue weighted by Crippen LogP contribution is 2.18. The molecule has 96 valence electrons. The molecule has 3 N–H and O–H groups in total. The highest BCUT2D eigenvalue weighted by molar-refractivity contribution is 5.92. The third-order valence-electron chi connectivity index (χ3n) is 2.49. The van der Waals surface area contributed by atoms with Crippen LogP contribution in [0.25, 0.3) is 0 Å². The van der Waals surface area contributed by atoms with Gasteiger partial charge in [0.15, 0.2) is 6.61 Å². The summed E-state index contributed by atoms with van der Waals surface area (Å²) in [6, 6.07) is 3.79. The number of amides is 1. The van der Waals surface area contributed by atoms with E-state index in [9.17, 15) is 14.0 Å². The monoisotopic (exact) mass is 252 g/mol. The molecule has 0 aromatic heterocycles. The highest BCUT2D eigenvalue weighted by Gasteiger charge is 2.24. The van der Waals surface area contributed by atoms with Gasteiger partial charge in [0.05, 0.1) is 5.56 Å². The van der Waals surface area contributed by atoms with Crippen molar-refractivity contribution in [2.45, 2.75) is 18.9 Å². The lowest BCUT2D eigenvalue weighted by Gasteiger charge is -2.06. The number of hydrogen-bond donors (Lipinski definition) is 2. The Hall–Kier alpha value is -2.11. The average molecular weight is 252 g/mol. The molecule has 0 saturated heterocycles. The number of nitrogens with one attached hydrogen (secondary N) is 1. The van der Waals surface area contributed by atoms with Gasteiger partial charge in [-0.05, 0) is 31.0 Å². The Kier molecular flexibility index (Phi) is 3.45. The standard InChI is InChI=1S/C12H13FN2O3/c13-10-4-1-7(14)5-9(10)12(17)18-6-11(16)15-8-2-3-8/h1,4-5,8H,2-3,6,14H2,(H,15,16). The van der Waals surface area contributed by atoms with E-state index < -0.39 is 18.4 Å². The van der Waals surface area contributed by atoms with Crippen LogP contribution in [0.2, 0.25) is 0 Å². The van der Waals surface area contributed by atoms with Crippen LogP contribution >= 0.6 is 0 Å². The summed E-state index contributed by atoms with van der Waals surface area (Å²) in [5.74, 6) is -2.00. The lowest BCUT2D eigenvalue weighted by molar-refractivity contribution is -0.124. The number of hydrogen-bond acceptors (Lipinski definition) is 4. The van der Waals surface area contributed by atoms with Crippen LogP contribution in [0, 0.1) is 5.82 Å². The molecule has 0 heterocycles. The zero-order chi connectivity index (χ0) is 13.1. The average Bonchev–Trinajstić information content (AvgIpc) is 3.13. The van der Waals surface area contributed by atoms with E-state index in [1.165, 1.54) is 12.1 Å². The Labute approximate surface area is 103 Å². The highest BCUT2D eigenvalue weighted by atomic mass is 19.1. The van der Waals surface area contributed by atoms with Crippen LogP contribution in [0.15, 0.2) is 18.2 Å². The second kappa shape index (κ2) is 5.03. The van der Waals surface area contributed by atoms with Gasteiger partial charge in [-0.2, -0.15) is 0 Å². The van der Waals surface area contributed by atoms with Crippen LogP contribution in [0.3, 0.4) is 0 Å². The van der Waals surface area contributed by atoms with Crippen LogP contribution in [-0.4, -0.2) is 24.5 Å². The number of rotatable bonds is 4. The fourth-order valence-corrected chi connectivity index (χ4v) is 1.41. The number of nitrogen functional groups attached to an aromatic ring is 1. The molecule has 2 rings (SSSR count). The minimum atomic E-state index is -0.897. The van der Waals surface area contributed by atoms with Crippen molar-refractivity contribution in [2.75, 3.05) is 12.3 Å². The molecule has 1 amide bonds. The topological polar surface area (TPSA) is 81.4 Å². The molecule has 1 aliphatic carbocycles. The largest absolute Gasteiger partial charge is 0.452 e. The normalized spacial score (nSPS) is 14.1. The first-order chi connectivity index (χ1) is 8.56. The smallest absolute Gasteiger partial charge is 0.341 e. The zero-order valence-electron chi connectivity index (χ0n) is 9.61. The summed E-state index contributed by atoms with van der Waals surface area (Å²) in [6.07, 6.45) is 1.90. The molecule has 0 aliphatic heterocycles. The summed E-state index contributed by atoms with van der Waals surface area (Å²) < 4.78 is 18.0. The minimum Gasteiger partial charge on any atom is -0.452 e. The van der Waals surface area contributed by atoms with Gasteiger partial charge in [0.1, 0.15) is 5.82 Å². The summed E-state index contributed by atoms with van der Waals surface area (Å²) in [5, 5.41) is 2.65. The number of carbonyl (C=O) groups is 2. The Morgan fingerprint density at radius 1 is 1.44 bits per heavy atom. The first-order valence-corrected chi connectivity index (χ1v) is 5.58. The second-order valence-electron chi connectivity index (χ2n) is 4.16. The SMILES string of the molecule is Nc1ccc(F)c(C(=O)OCC(=O)NC2CC2)c1. The number of anilines is 1.